The van der Waals surface area contributed by atoms with E-state index in [1.165, 1.54) is 30.3 Å². The Morgan fingerprint density at radius 1 is 1.59 bits per heavy atom. The molecule has 3 heterocycles. The van der Waals surface area contributed by atoms with Crippen LogP contribution in [0.4, 0.5) is 0 Å². The van der Waals surface area contributed by atoms with Crippen molar-refractivity contribution in [1.29, 1.82) is 0 Å². The highest BCUT2D eigenvalue weighted by Gasteiger charge is 2.48. The van der Waals surface area contributed by atoms with Gasteiger partial charge in [0.05, 0.1) is 12.6 Å². The summed E-state index contributed by atoms with van der Waals surface area (Å²) in [5.74, 6) is 1.17. The number of aromatic nitrogens is 1. The van der Waals surface area contributed by atoms with Crippen LogP contribution in [0.15, 0.2) is 5.38 Å². The first-order valence-electron chi connectivity index (χ1n) is 5.99. The van der Waals surface area contributed by atoms with Gasteiger partial charge >= 0.3 is 0 Å². The molecule has 5 heteroatoms. The minimum absolute atomic E-state index is 0.476. The average Bonchev–Trinajstić information content (AvgIpc) is 2.85. The van der Waals surface area contributed by atoms with E-state index in [9.17, 15) is 0 Å². The third-order valence-electron chi connectivity index (χ3n) is 3.56. The van der Waals surface area contributed by atoms with Crippen molar-refractivity contribution in [2.45, 2.75) is 30.7 Å². The second-order valence-electron chi connectivity index (χ2n) is 5.08. The molecule has 0 unspecified atom stereocenters. The first-order valence-corrected chi connectivity index (χ1v) is 7.86. The molecule has 0 aromatic carbocycles. The zero-order valence-corrected chi connectivity index (χ0v) is 11.9. The molecule has 17 heavy (non-hydrogen) atoms. The fourth-order valence-corrected chi connectivity index (χ4v) is 5.18. The van der Waals surface area contributed by atoms with E-state index in [1.54, 1.807) is 11.3 Å². The van der Waals surface area contributed by atoms with Gasteiger partial charge in [-0.25, -0.2) is 4.98 Å². The molecule has 3 rings (SSSR count). The third kappa shape index (κ3) is 2.38. The van der Waals surface area contributed by atoms with Crippen LogP contribution in [0.2, 0.25) is 0 Å². The summed E-state index contributed by atoms with van der Waals surface area (Å²) < 4.78 is 5.94. The van der Waals surface area contributed by atoms with Gasteiger partial charge in [0.1, 0.15) is 5.01 Å². The molecule has 1 aromatic rings. The molecule has 2 aliphatic heterocycles. The Kier molecular flexibility index (Phi) is 3.19. The molecule has 0 amide bonds. The molecule has 2 saturated heterocycles. The SMILES string of the molecule is CO[C@H]1CSC2(C1)CN(Cc1nc(C)cs1)C2. The van der Waals surface area contributed by atoms with Crippen molar-refractivity contribution in [1.82, 2.24) is 9.88 Å². The lowest BCUT2D eigenvalue weighted by Crippen LogP contribution is -2.58. The average molecular weight is 270 g/mol. The lowest BCUT2D eigenvalue weighted by atomic mass is 9.93. The number of ether oxygens (including phenoxy) is 1. The quantitative estimate of drug-likeness (QED) is 0.840. The molecular weight excluding hydrogens is 252 g/mol. The summed E-state index contributed by atoms with van der Waals surface area (Å²) in [6, 6.07) is 0. The third-order valence-corrected chi connectivity index (χ3v) is 6.08. The summed E-state index contributed by atoms with van der Waals surface area (Å²) in [6.07, 6.45) is 1.70. The summed E-state index contributed by atoms with van der Waals surface area (Å²) in [6.45, 7) is 5.50. The summed E-state index contributed by atoms with van der Waals surface area (Å²) in [5, 5.41) is 3.39. The first kappa shape index (κ1) is 12.0. The number of likely N-dealkylation sites (tertiary alicyclic amines) is 1. The Balaban J connectivity index is 1.52. The van der Waals surface area contributed by atoms with E-state index in [0.717, 1.165) is 12.2 Å². The predicted molar refractivity (Wildman–Crippen MR) is 72.7 cm³/mol. The Morgan fingerprint density at radius 3 is 3.00 bits per heavy atom. The van der Waals surface area contributed by atoms with Crippen LogP contribution in [0.1, 0.15) is 17.1 Å². The van der Waals surface area contributed by atoms with Crippen LogP contribution < -0.4 is 0 Å². The van der Waals surface area contributed by atoms with Crippen LogP contribution >= 0.6 is 23.1 Å². The highest BCUT2D eigenvalue weighted by molar-refractivity contribution is 8.01. The van der Waals surface area contributed by atoms with Crippen molar-refractivity contribution >= 4 is 23.1 Å². The lowest BCUT2D eigenvalue weighted by Gasteiger charge is -2.47. The molecule has 0 bridgehead atoms. The van der Waals surface area contributed by atoms with Crippen molar-refractivity contribution in [2.24, 2.45) is 0 Å². The number of aryl methyl sites for hydroxylation is 1. The smallest absolute Gasteiger partial charge is 0.107 e. The number of nitrogens with zero attached hydrogens (tertiary/aromatic N) is 2. The summed E-state index contributed by atoms with van der Waals surface area (Å²) in [5.41, 5.74) is 1.15. The molecule has 3 nitrogen and oxygen atoms in total. The minimum Gasteiger partial charge on any atom is -0.381 e. The fraction of sp³-hybridized carbons (Fsp3) is 0.750. The van der Waals surface area contributed by atoms with E-state index in [1.807, 2.05) is 7.11 Å². The van der Waals surface area contributed by atoms with Crippen LogP contribution in [0.25, 0.3) is 0 Å². The highest BCUT2D eigenvalue weighted by Crippen LogP contribution is 2.46. The van der Waals surface area contributed by atoms with Crippen LogP contribution in [0.3, 0.4) is 0 Å². The predicted octanol–water partition coefficient (Wildman–Crippen LogP) is 2.16. The molecule has 2 aliphatic rings. The van der Waals surface area contributed by atoms with Crippen LogP contribution in [0, 0.1) is 6.92 Å². The van der Waals surface area contributed by atoms with Gasteiger partial charge in [0.15, 0.2) is 0 Å². The maximum absolute atomic E-state index is 5.45. The Labute approximate surface area is 111 Å². The minimum atomic E-state index is 0.476. The zero-order chi connectivity index (χ0) is 11.9. The molecule has 94 valence electrons. The normalized spacial score (nSPS) is 27.5. The lowest BCUT2D eigenvalue weighted by molar-refractivity contribution is 0.0631. The van der Waals surface area contributed by atoms with E-state index in [0.29, 0.717) is 10.9 Å². The molecule has 0 saturated carbocycles. The monoisotopic (exact) mass is 270 g/mol. The number of hydrogen-bond donors (Lipinski definition) is 0. The second kappa shape index (κ2) is 4.53. The van der Waals surface area contributed by atoms with Crippen molar-refractivity contribution in [3.63, 3.8) is 0 Å². The first-order chi connectivity index (χ1) is 8.19. The molecule has 1 spiro atoms. The van der Waals surface area contributed by atoms with Crippen molar-refractivity contribution < 1.29 is 4.74 Å². The molecular formula is C12H18N2OS2. The molecule has 2 fully saturated rings. The summed E-state index contributed by atoms with van der Waals surface area (Å²) in [7, 11) is 1.83. The van der Waals surface area contributed by atoms with E-state index in [-0.39, 0.29) is 0 Å². The van der Waals surface area contributed by atoms with E-state index in [4.69, 9.17) is 4.74 Å². The zero-order valence-electron chi connectivity index (χ0n) is 10.3. The van der Waals surface area contributed by atoms with Crippen molar-refractivity contribution in [3.05, 3.63) is 16.1 Å². The van der Waals surface area contributed by atoms with Gasteiger partial charge in [-0.05, 0) is 13.3 Å². The van der Waals surface area contributed by atoms with Crippen molar-refractivity contribution in [3.8, 4) is 0 Å². The number of hydrogen-bond acceptors (Lipinski definition) is 5. The topological polar surface area (TPSA) is 25.4 Å². The largest absolute Gasteiger partial charge is 0.381 e. The molecule has 1 atom stereocenters. The number of thiazole rings is 1. The van der Waals surface area contributed by atoms with E-state index < -0.39 is 0 Å². The van der Waals surface area contributed by atoms with Gasteiger partial charge in [0.2, 0.25) is 0 Å². The summed E-state index contributed by atoms with van der Waals surface area (Å²) in [4.78, 5) is 7.03. The van der Waals surface area contributed by atoms with Crippen LogP contribution in [-0.2, 0) is 11.3 Å². The van der Waals surface area contributed by atoms with Crippen molar-refractivity contribution in [2.75, 3.05) is 26.0 Å². The molecule has 1 aromatic heterocycles. The van der Waals surface area contributed by atoms with E-state index >= 15 is 0 Å². The van der Waals surface area contributed by atoms with Gasteiger partial charge in [-0.15, -0.1) is 23.1 Å². The number of rotatable bonds is 3. The summed E-state index contributed by atoms with van der Waals surface area (Å²) >= 11 is 3.88. The molecule has 0 aliphatic carbocycles. The molecule has 0 N–H and O–H groups in total. The fourth-order valence-electron chi connectivity index (χ4n) is 2.72. The van der Waals surface area contributed by atoms with Gasteiger partial charge < -0.3 is 4.74 Å². The van der Waals surface area contributed by atoms with Gasteiger partial charge in [-0.2, -0.15) is 0 Å². The van der Waals surface area contributed by atoms with Gasteiger partial charge in [-0.1, -0.05) is 0 Å². The number of thioether (sulfide) groups is 1. The Morgan fingerprint density at radius 2 is 2.41 bits per heavy atom. The maximum Gasteiger partial charge on any atom is 0.107 e. The van der Waals surface area contributed by atoms with E-state index in [2.05, 4.69) is 33.9 Å². The van der Waals surface area contributed by atoms with Gasteiger partial charge in [-0.3, -0.25) is 4.90 Å². The Hall–Kier alpha value is -0.100. The standard InChI is InChI=1S/C12H18N2OS2/c1-9-5-16-11(13-9)4-14-7-12(8-14)3-10(15-2)6-17-12/h5,10H,3-4,6-8H2,1-2H3/t10-/m1/s1. The maximum atomic E-state index is 5.45. The van der Waals surface area contributed by atoms with Crippen LogP contribution in [-0.4, -0.2) is 46.7 Å². The highest BCUT2D eigenvalue weighted by atomic mass is 32.2. The van der Waals surface area contributed by atoms with Crippen LogP contribution in [0.5, 0.6) is 0 Å². The Bertz CT molecular complexity index is 401. The second-order valence-corrected chi connectivity index (χ2v) is 7.51. The molecule has 0 radical (unpaired) electrons. The van der Waals surface area contributed by atoms with Gasteiger partial charge in [0, 0.05) is 41.8 Å². The number of methoxy groups -OCH3 is 1. The van der Waals surface area contributed by atoms with Gasteiger partial charge in [0.25, 0.3) is 0 Å².